The number of anilines is 4. The number of pyridine rings is 1. The molecule has 0 unspecified atom stereocenters. The molecule has 0 atom stereocenters. The first kappa shape index (κ1) is 14.8. The highest BCUT2D eigenvalue weighted by atomic mass is 15.1. The molecule has 2 heterocycles. The first-order valence-corrected chi connectivity index (χ1v) is 7.30. The highest BCUT2D eigenvalue weighted by Gasteiger charge is 2.08. The lowest BCUT2D eigenvalue weighted by Gasteiger charge is -2.12. The fourth-order valence-electron chi connectivity index (χ4n) is 2.14. The Balaban J connectivity index is 1.75. The molecule has 6 heteroatoms. The summed E-state index contributed by atoms with van der Waals surface area (Å²) in [6, 6.07) is 13.9. The van der Waals surface area contributed by atoms with Gasteiger partial charge in [-0.15, -0.1) is 0 Å². The molecule has 0 aliphatic rings. The highest BCUT2D eigenvalue weighted by Crippen LogP contribution is 2.25. The summed E-state index contributed by atoms with van der Waals surface area (Å²) in [6.45, 7) is 2.65. The van der Waals surface area contributed by atoms with Gasteiger partial charge in [0.25, 0.3) is 0 Å². The van der Waals surface area contributed by atoms with Gasteiger partial charge in [0.15, 0.2) is 11.6 Å². The Kier molecular flexibility index (Phi) is 4.33. The molecule has 3 rings (SSSR count). The van der Waals surface area contributed by atoms with Gasteiger partial charge in [-0.25, -0.2) is 15.0 Å². The van der Waals surface area contributed by atoms with Gasteiger partial charge in [0.05, 0.1) is 0 Å². The second-order valence-electron chi connectivity index (χ2n) is 5.17. The summed E-state index contributed by atoms with van der Waals surface area (Å²) < 4.78 is 0. The molecule has 0 radical (unpaired) electrons. The number of aromatic nitrogens is 3. The molecule has 23 heavy (non-hydrogen) atoms. The van der Waals surface area contributed by atoms with Crippen molar-refractivity contribution in [1.29, 1.82) is 0 Å². The third-order valence-electron chi connectivity index (χ3n) is 3.35. The number of benzene rings is 1. The highest BCUT2D eigenvalue weighted by molar-refractivity contribution is 5.76. The van der Waals surface area contributed by atoms with Crippen molar-refractivity contribution in [3.8, 4) is 0 Å². The number of hydrogen-bond acceptors (Lipinski definition) is 6. The van der Waals surface area contributed by atoms with Gasteiger partial charge in [0, 0.05) is 12.7 Å². The maximum Gasteiger partial charge on any atom is 0.160 e. The van der Waals surface area contributed by atoms with E-state index in [2.05, 4.69) is 25.6 Å². The molecule has 6 nitrogen and oxygen atoms in total. The van der Waals surface area contributed by atoms with Gasteiger partial charge in [-0.3, -0.25) is 0 Å². The molecule has 0 amide bonds. The fraction of sp³-hybridized carbons (Fsp3) is 0.118. The molecule has 4 N–H and O–H groups in total. The predicted octanol–water partition coefficient (Wildman–Crippen LogP) is 3.12. The van der Waals surface area contributed by atoms with Crippen LogP contribution in [0.4, 0.5) is 23.1 Å². The molecule has 0 aliphatic carbocycles. The number of nitrogens with zero attached hydrogens (tertiary/aromatic N) is 3. The van der Waals surface area contributed by atoms with E-state index < -0.39 is 0 Å². The Morgan fingerprint density at radius 2 is 1.78 bits per heavy atom. The van der Waals surface area contributed by atoms with Crippen molar-refractivity contribution in [2.45, 2.75) is 13.5 Å². The van der Waals surface area contributed by atoms with E-state index in [0.29, 0.717) is 29.7 Å². The lowest BCUT2D eigenvalue weighted by atomic mass is 10.2. The maximum absolute atomic E-state index is 6.16. The maximum atomic E-state index is 6.16. The number of nitrogens with one attached hydrogen (secondary N) is 2. The van der Waals surface area contributed by atoms with Crippen molar-refractivity contribution in [3.05, 3.63) is 66.1 Å². The molecule has 2 aromatic heterocycles. The van der Waals surface area contributed by atoms with E-state index in [4.69, 9.17) is 5.73 Å². The summed E-state index contributed by atoms with van der Waals surface area (Å²) in [7, 11) is 0. The molecule has 0 fully saturated rings. The molecule has 0 saturated heterocycles. The Hall–Kier alpha value is -3.15. The summed E-state index contributed by atoms with van der Waals surface area (Å²) >= 11 is 0. The number of nitrogen functional groups attached to an aromatic ring is 1. The van der Waals surface area contributed by atoms with Crippen molar-refractivity contribution in [1.82, 2.24) is 15.0 Å². The van der Waals surface area contributed by atoms with Gasteiger partial charge in [0.2, 0.25) is 0 Å². The van der Waals surface area contributed by atoms with Gasteiger partial charge >= 0.3 is 0 Å². The van der Waals surface area contributed by atoms with Crippen LogP contribution in [0.3, 0.4) is 0 Å². The van der Waals surface area contributed by atoms with Crippen LogP contribution in [-0.4, -0.2) is 15.0 Å². The number of rotatable bonds is 5. The summed E-state index contributed by atoms with van der Waals surface area (Å²) in [4.78, 5) is 12.6. The first-order chi connectivity index (χ1) is 11.2. The van der Waals surface area contributed by atoms with Crippen molar-refractivity contribution < 1.29 is 0 Å². The standard InChI is InChI=1S/C17H18N6/c1-12-7-8-19-14(9-12)23-17-15(18)16(21-11-22-17)20-10-13-5-3-2-4-6-13/h2-9,11H,10,18H2,1H3,(H2,19,20,21,22,23). The van der Waals surface area contributed by atoms with Crippen LogP contribution in [-0.2, 0) is 6.54 Å². The smallest absolute Gasteiger partial charge is 0.160 e. The lowest BCUT2D eigenvalue weighted by molar-refractivity contribution is 1.08. The third-order valence-corrected chi connectivity index (χ3v) is 3.35. The molecule has 0 aliphatic heterocycles. The molecule has 0 saturated carbocycles. The van der Waals surface area contributed by atoms with Crippen molar-refractivity contribution in [3.63, 3.8) is 0 Å². The van der Waals surface area contributed by atoms with E-state index in [1.807, 2.05) is 49.4 Å². The van der Waals surface area contributed by atoms with Crippen molar-refractivity contribution in [2.24, 2.45) is 0 Å². The summed E-state index contributed by atoms with van der Waals surface area (Å²) in [5, 5.41) is 6.35. The van der Waals surface area contributed by atoms with Crippen LogP contribution in [0, 0.1) is 6.92 Å². The molecule has 3 aromatic rings. The third kappa shape index (κ3) is 3.74. The normalized spacial score (nSPS) is 10.3. The van der Waals surface area contributed by atoms with Crippen LogP contribution in [0.15, 0.2) is 55.0 Å². The number of hydrogen-bond donors (Lipinski definition) is 3. The Bertz CT molecular complexity index is 788. The minimum Gasteiger partial charge on any atom is -0.393 e. The summed E-state index contributed by atoms with van der Waals surface area (Å²) in [6.07, 6.45) is 3.21. The van der Waals surface area contributed by atoms with Crippen LogP contribution in [0.2, 0.25) is 0 Å². The van der Waals surface area contributed by atoms with E-state index in [9.17, 15) is 0 Å². The second kappa shape index (κ2) is 6.74. The monoisotopic (exact) mass is 306 g/mol. The van der Waals surface area contributed by atoms with Gasteiger partial charge in [0.1, 0.15) is 17.8 Å². The fourth-order valence-corrected chi connectivity index (χ4v) is 2.14. The minimum absolute atomic E-state index is 0.465. The van der Waals surface area contributed by atoms with E-state index in [0.717, 1.165) is 11.1 Å². The molecule has 0 bridgehead atoms. The largest absolute Gasteiger partial charge is 0.393 e. The number of nitrogens with two attached hydrogens (primary N) is 1. The Labute approximate surface area is 134 Å². The van der Waals surface area contributed by atoms with Crippen LogP contribution < -0.4 is 16.4 Å². The summed E-state index contributed by atoms with van der Waals surface area (Å²) in [5.41, 5.74) is 8.88. The topological polar surface area (TPSA) is 88.8 Å². The van der Waals surface area contributed by atoms with Crippen LogP contribution in [0.1, 0.15) is 11.1 Å². The predicted molar refractivity (Wildman–Crippen MR) is 92.5 cm³/mol. The van der Waals surface area contributed by atoms with E-state index in [-0.39, 0.29) is 0 Å². The first-order valence-electron chi connectivity index (χ1n) is 7.30. The molecular formula is C17H18N6. The Morgan fingerprint density at radius 3 is 2.57 bits per heavy atom. The SMILES string of the molecule is Cc1ccnc(Nc2ncnc(NCc3ccccc3)c2N)c1. The Morgan fingerprint density at radius 1 is 1.00 bits per heavy atom. The average molecular weight is 306 g/mol. The van der Waals surface area contributed by atoms with Crippen LogP contribution >= 0.6 is 0 Å². The van der Waals surface area contributed by atoms with Gasteiger partial charge in [-0.1, -0.05) is 30.3 Å². The number of aryl methyl sites for hydroxylation is 1. The lowest BCUT2D eigenvalue weighted by Crippen LogP contribution is -2.08. The van der Waals surface area contributed by atoms with Crippen LogP contribution in [0.25, 0.3) is 0 Å². The van der Waals surface area contributed by atoms with Gasteiger partial charge in [-0.2, -0.15) is 0 Å². The zero-order valence-corrected chi connectivity index (χ0v) is 12.8. The average Bonchev–Trinajstić information content (AvgIpc) is 2.57. The second-order valence-corrected chi connectivity index (χ2v) is 5.17. The molecule has 0 spiro atoms. The minimum atomic E-state index is 0.465. The zero-order chi connectivity index (χ0) is 16.1. The van der Waals surface area contributed by atoms with E-state index in [1.165, 1.54) is 6.33 Å². The van der Waals surface area contributed by atoms with Gasteiger partial charge in [-0.05, 0) is 30.2 Å². The zero-order valence-electron chi connectivity index (χ0n) is 12.8. The van der Waals surface area contributed by atoms with Crippen molar-refractivity contribution in [2.75, 3.05) is 16.4 Å². The van der Waals surface area contributed by atoms with E-state index in [1.54, 1.807) is 6.20 Å². The summed E-state index contributed by atoms with van der Waals surface area (Å²) in [5.74, 6) is 1.83. The van der Waals surface area contributed by atoms with Crippen LogP contribution in [0.5, 0.6) is 0 Å². The quantitative estimate of drug-likeness (QED) is 0.671. The molecular weight excluding hydrogens is 288 g/mol. The molecule has 116 valence electrons. The van der Waals surface area contributed by atoms with E-state index >= 15 is 0 Å². The molecule has 1 aromatic carbocycles. The van der Waals surface area contributed by atoms with Gasteiger partial charge < -0.3 is 16.4 Å². The van der Waals surface area contributed by atoms with Crippen molar-refractivity contribution >= 4 is 23.1 Å².